The van der Waals surface area contributed by atoms with E-state index in [1.807, 2.05) is 42.3 Å². The Morgan fingerprint density at radius 1 is 1.38 bits per heavy atom. The third-order valence-electron chi connectivity index (χ3n) is 4.73. The van der Waals surface area contributed by atoms with Gasteiger partial charge in [0.25, 0.3) is 0 Å². The maximum atomic E-state index is 12.6. The fourth-order valence-electron chi connectivity index (χ4n) is 3.44. The van der Waals surface area contributed by atoms with E-state index in [-0.39, 0.29) is 5.91 Å². The first-order valence-corrected chi connectivity index (χ1v) is 8.95. The molecule has 0 bridgehead atoms. The zero-order valence-electron chi connectivity index (χ0n) is 15.4. The molecular formula is C19H26N4O3. The molecule has 1 aliphatic heterocycles. The zero-order chi connectivity index (χ0) is 18.6. The van der Waals surface area contributed by atoms with Gasteiger partial charge in [-0.3, -0.25) is 9.69 Å². The van der Waals surface area contributed by atoms with Gasteiger partial charge in [0.15, 0.2) is 5.82 Å². The predicted molar refractivity (Wildman–Crippen MR) is 96.3 cm³/mol. The number of piperidine rings is 1. The second kappa shape index (κ2) is 7.97. The lowest BCUT2D eigenvalue weighted by Crippen LogP contribution is -2.52. The highest BCUT2D eigenvalue weighted by molar-refractivity contribution is 5.78. The summed E-state index contributed by atoms with van der Waals surface area (Å²) in [5, 5.41) is 14.7. The normalized spacial score (nSPS) is 20.9. The lowest BCUT2D eigenvalue weighted by molar-refractivity contribution is -0.133. The SMILES string of the molecule is Cc1noc(CC2(O)CCCN(CC(=O)N(C)Cc3ccccc3)C2)n1. The molecule has 1 N–H and O–H groups in total. The van der Waals surface area contributed by atoms with Crippen LogP contribution >= 0.6 is 0 Å². The van der Waals surface area contributed by atoms with Crippen LogP contribution < -0.4 is 0 Å². The number of rotatable bonds is 6. The summed E-state index contributed by atoms with van der Waals surface area (Å²) in [6.45, 7) is 3.87. The first kappa shape index (κ1) is 18.5. The number of hydrogen-bond donors (Lipinski definition) is 1. The minimum Gasteiger partial charge on any atom is -0.388 e. The molecule has 0 aliphatic carbocycles. The summed E-state index contributed by atoms with van der Waals surface area (Å²) < 4.78 is 5.14. The number of carbonyl (C=O) groups excluding carboxylic acids is 1. The lowest BCUT2D eigenvalue weighted by atomic mass is 9.89. The summed E-state index contributed by atoms with van der Waals surface area (Å²) >= 11 is 0. The van der Waals surface area contributed by atoms with Gasteiger partial charge in [0.2, 0.25) is 11.8 Å². The Hall–Kier alpha value is -2.25. The first-order chi connectivity index (χ1) is 12.4. The standard InChI is InChI=1S/C19H26N4O3/c1-15-20-17(26-21-15)11-19(25)9-6-10-23(14-19)13-18(24)22(2)12-16-7-4-3-5-8-16/h3-5,7-8,25H,6,9-14H2,1-2H3. The van der Waals surface area contributed by atoms with Crippen LogP contribution in [0.5, 0.6) is 0 Å². The van der Waals surface area contributed by atoms with E-state index in [1.54, 1.807) is 11.8 Å². The van der Waals surface area contributed by atoms with Crippen molar-refractivity contribution in [3.8, 4) is 0 Å². The number of aliphatic hydroxyl groups is 1. The number of likely N-dealkylation sites (tertiary alicyclic amines) is 1. The smallest absolute Gasteiger partial charge is 0.236 e. The number of hydrogen-bond acceptors (Lipinski definition) is 6. The fraction of sp³-hybridized carbons (Fsp3) is 0.526. The van der Waals surface area contributed by atoms with Crippen LogP contribution in [0.15, 0.2) is 34.9 Å². The molecule has 7 heteroatoms. The molecule has 1 aliphatic rings. The second-order valence-corrected chi connectivity index (χ2v) is 7.19. The number of benzene rings is 1. The molecule has 3 rings (SSSR count). The number of aromatic nitrogens is 2. The van der Waals surface area contributed by atoms with Gasteiger partial charge in [0.1, 0.15) is 0 Å². The van der Waals surface area contributed by atoms with Crippen molar-refractivity contribution < 1.29 is 14.4 Å². The van der Waals surface area contributed by atoms with Gasteiger partial charge in [0, 0.05) is 20.1 Å². The minimum atomic E-state index is -0.935. The van der Waals surface area contributed by atoms with Gasteiger partial charge >= 0.3 is 0 Å². The molecule has 1 fully saturated rings. The molecule has 7 nitrogen and oxygen atoms in total. The molecule has 0 radical (unpaired) electrons. The van der Waals surface area contributed by atoms with Gasteiger partial charge < -0.3 is 14.5 Å². The third-order valence-corrected chi connectivity index (χ3v) is 4.73. The molecule has 1 saturated heterocycles. The summed E-state index contributed by atoms with van der Waals surface area (Å²) in [5.41, 5.74) is 0.167. The molecule has 1 amide bonds. The molecule has 1 aromatic heterocycles. The number of nitrogens with zero attached hydrogens (tertiary/aromatic N) is 4. The molecule has 140 valence electrons. The van der Waals surface area contributed by atoms with E-state index in [2.05, 4.69) is 10.1 Å². The molecule has 0 spiro atoms. The van der Waals surface area contributed by atoms with Gasteiger partial charge in [-0.05, 0) is 31.9 Å². The van der Waals surface area contributed by atoms with Crippen molar-refractivity contribution in [1.82, 2.24) is 19.9 Å². The Morgan fingerprint density at radius 2 is 2.15 bits per heavy atom. The first-order valence-electron chi connectivity index (χ1n) is 8.95. The van der Waals surface area contributed by atoms with Crippen molar-refractivity contribution >= 4 is 5.91 Å². The van der Waals surface area contributed by atoms with Crippen molar-refractivity contribution in [3.05, 3.63) is 47.6 Å². The summed E-state index contributed by atoms with van der Waals surface area (Å²) in [4.78, 5) is 20.5. The fourth-order valence-corrected chi connectivity index (χ4v) is 3.44. The van der Waals surface area contributed by atoms with Gasteiger partial charge in [-0.2, -0.15) is 4.98 Å². The highest BCUT2D eigenvalue weighted by Gasteiger charge is 2.36. The van der Waals surface area contributed by atoms with Crippen LogP contribution in [0, 0.1) is 6.92 Å². The summed E-state index contributed by atoms with van der Waals surface area (Å²) in [5.74, 6) is 1.06. The van der Waals surface area contributed by atoms with E-state index in [9.17, 15) is 9.90 Å². The van der Waals surface area contributed by atoms with Crippen molar-refractivity contribution in [2.24, 2.45) is 0 Å². The average molecular weight is 358 g/mol. The summed E-state index contributed by atoms with van der Waals surface area (Å²) in [6, 6.07) is 9.92. The predicted octanol–water partition coefficient (Wildman–Crippen LogP) is 1.41. The van der Waals surface area contributed by atoms with E-state index in [0.717, 1.165) is 18.5 Å². The second-order valence-electron chi connectivity index (χ2n) is 7.19. The van der Waals surface area contributed by atoms with Crippen LogP contribution in [0.4, 0.5) is 0 Å². The van der Waals surface area contributed by atoms with Crippen LogP contribution in [0.25, 0.3) is 0 Å². The molecule has 2 aromatic rings. The van der Waals surface area contributed by atoms with E-state index in [0.29, 0.717) is 44.2 Å². The molecular weight excluding hydrogens is 332 g/mol. The summed E-state index contributed by atoms with van der Waals surface area (Å²) in [7, 11) is 1.81. The van der Waals surface area contributed by atoms with Crippen LogP contribution in [0.2, 0.25) is 0 Å². The van der Waals surface area contributed by atoms with Crippen LogP contribution in [0.3, 0.4) is 0 Å². The van der Waals surface area contributed by atoms with Crippen molar-refractivity contribution in [1.29, 1.82) is 0 Å². The zero-order valence-corrected chi connectivity index (χ0v) is 15.4. The van der Waals surface area contributed by atoms with E-state index >= 15 is 0 Å². The van der Waals surface area contributed by atoms with Crippen LogP contribution in [-0.4, -0.2) is 63.2 Å². The highest BCUT2D eigenvalue weighted by Crippen LogP contribution is 2.25. The number of likely N-dealkylation sites (N-methyl/N-ethyl adjacent to an activating group) is 1. The molecule has 2 heterocycles. The largest absolute Gasteiger partial charge is 0.388 e. The third kappa shape index (κ3) is 4.89. The van der Waals surface area contributed by atoms with Crippen LogP contribution in [-0.2, 0) is 17.8 Å². The number of aryl methyl sites for hydroxylation is 1. The number of β-amino-alcohol motifs (C(OH)–C–C–N with tert-alkyl or cyclic N) is 1. The van der Waals surface area contributed by atoms with Gasteiger partial charge in [0.05, 0.1) is 18.6 Å². The number of carbonyl (C=O) groups is 1. The Labute approximate surface area is 153 Å². The Bertz CT molecular complexity index is 733. The topological polar surface area (TPSA) is 82.7 Å². The van der Waals surface area contributed by atoms with E-state index < -0.39 is 5.60 Å². The quantitative estimate of drug-likeness (QED) is 0.841. The molecule has 1 unspecified atom stereocenters. The lowest BCUT2D eigenvalue weighted by Gasteiger charge is -2.38. The van der Waals surface area contributed by atoms with E-state index in [4.69, 9.17) is 4.52 Å². The van der Waals surface area contributed by atoms with Crippen molar-refractivity contribution in [2.45, 2.75) is 38.3 Å². The Balaban J connectivity index is 1.54. The average Bonchev–Trinajstić information content (AvgIpc) is 3.00. The van der Waals surface area contributed by atoms with Crippen molar-refractivity contribution in [3.63, 3.8) is 0 Å². The molecule has 0 saturated carbocycles. The van der Waals surface area contributed by atoms with Crippen molar-refractivity contribution in [2.75, 3.05) is 26.7 Å². The Kier molecular flexibility index (Phi) is 5.68. The van der Waals surface area contributed by atoms with E-state index in [1.165, 1.54) is 0 Å². The van der Waals surface area contributed by atoms with Crippen LogP contribution in [0.1, 0.15) is 30.1 Å². The molecule has 1 aromatic carbocycles. The maximum absolute atomic E-state index is 12.6. The Morgan fingerprint density at radius 3 is 2.85 bits per heavy atom. The van der Waals surface area contributed by atoms with Gasteiger partial charge in [-0.1, -0.05) is 35.5 Å². The maximum Gasteiger partial charge on any atom is 0.236 e. The highest BCUT2D eigenvalue weighted by atomic mass is 16.5. The molecule has 1 atom stereocenters. The van der Waals surface area contributed by atoms with Gasteiger partial charge in [-0.15, -0.1) is 0 Å². The molecule has 26 heavy (non-hydrogen) atoms. The van der Waals surface area contributed by atoms with Gasteiger partial charge in [-0.25, -0.2) is 0 Å². The number of amides is 1. The summed E-state index contributed by atoms with van der Waals surface area (Å²) in [6.07, 6.45) is 1.82. The minimum absolute atomic E-state index is 0.0479. The monoisotopic (exact) mass is 358 g/mol.